The van der Waals surface area contributed by atoms with Crippen LogP contribution in [0, 0.1) is 0 Å². The Balaban J connectivity index is 1.67. The quantitative estimate of drug-likeness (QED) is 0.756. The van der Waals surface area contributed by atoms with E-state index in [-0.39, 0.29) is 11.9 Å². The fourth-order valence-corrected chi connectivity index (χ4v) is 3.37. The molecule has 0 saturated carbocycles. The third-order valence-electron chi connectivity index (χ3n) is 4.67. The lowest BCUT2D eigenvalue weighted by atomic mass is 10.0. The normalized spacial score (nSPS) is 17.3. The Kier molecular flexibility index (Phi) is 6.22. The predicted octanol–water partition coefficient (Wildman–Crippen LogP) is 2.91. The number of likely N-dealkylation sites (tertiary alicyclic amines) is 1. The molecule has 1 atom stereocenters. The highest BCUT2D eigenvalue weighted by molar-refractivity contribution is 5.77. The van der Waals surface area contributed by atoms with E-state index in [1.807, 2.05) is 29.2 Å². The molecule has 1 fully saturated rings. The second-order valence-corrected chi connectivity index (χ2v) is 6.39. The Morgan fingerprint density at radius 1 is 1.31 bits per heavy atom. The molecule has 1 aliphatic rings. The summed E-state index contributed by atoms with van der Waals surface area (Å²) in [6.45, 7) is 1.02. The van der Waals surface area contributed by atoms with Crippen LogP contribution >= 0.6 is 0 Å². The zero-order valence-electron chi connectivity index (χ0n) is 15.3. The van der Waals surface area contributed by atoms with Gasteiger partial charge in [-0.25, -0.2) is 0 Å². The van der Waals surface area contributed by atoms with E-state index >= 15 is 0 Å². The van der Waals surface area contributed by atoms with Crippen LogP contribution in [-0.2, 0) is 22.6 Å². The summed E-state index contributed by atoms with van der Waals surface area (Å²) in [4.78, 5) is 19.1. The summed E-state index contributed by atoms with van der Waals surface area (Å²) in [6, 6.07) is 7.65. The van der Waals surface area contributed by atoms with Crippen LogP contribution in [-0.4, -0.2) is 41.7 Å². The van der Waals surface area contributed by atoms with Crippen molar-refractivity contribution in [2.75, 3.05) is 20.8 Å². The SMILES string of the molecule is COCc1noc(C2CCCCN2C(=O)CCc2ccccc2OC)n1. The van der Waals surface area contributed by atoms with Crippen LogP contribution in [0.5, 0.6) is 5.75 Å². The van der Waals surface area contributed by atoms with Crippen molar-refractivity contribution in [1.29, 1.82) is 0 Å². The number of rotatable bonds is 7. The molecular weight excluding hydrogens is 334 g/mol. The number of nitrogens with zero attached hydrogens (tertiary/aromatic N) is 3. The molecule has 7 nitrogen and oxygen atoms in total. The van der Waals surface area contributed by atoms with Crippen LogP contribution in [0.4, 0.5) is 0 Å². The maximum absolute atomic E-state index is 12.9. The monoisotopic (exact) mass is 359 g/mol. The van der Waals surface area contributed by atoms with Gasteiger partial charge < -0.3 is 18.9 Å². The van der Waals surface area contributed by atoms with Crippen molar-refractivity contribution < 1.29 is 18.8 Å². The Hall–Kier alpha value is -2.41. The minimum absolute atomic E-state index is 0.104. The molecule has 0 spiro atoms. The molecule has 26 heavy (non-hydrogen) atoms. The van der Waals surface area contributed by atoms with E-state index in [0.29, 0.717) is 31.2 Å². The topological polar surface area (TPSA) is 77.7 Å². The lowest BCUT2D eigenvalue weighted by Gasteiger charge is -2.33. The molecule has 2 heterocycles. The van der Waals surface area contributed by atoms with E-state index in [9.17, 15) is 4.79 Å². The largest absolute Gasteiger partial charge is 0.496 e. The van der Waals surface area contributed by atoms with Gasteiger partial charge in [-0.1, -0.05) is 23.4 Å². The first-order valence-electron chi connectivity index (χ1n) is 8.95. The maximum atomic E-state index is 12.9. The van der Waals surface area contributed by atoms with Crippen molar-refractivity contribution in [3.8, 4) is 5.75 Å². The molecule has 0 radical (unpaired) electrons. The molecule has 0 N–H and O–H groups in total. The lowest BCUT2D eigenvalue weighted by molar-refractivity contribution is -0.135. The van der Waals surface area contributed by atoms with Crippen LogP contribution < -0.4 is 4.74 Å². The Morgan fingerprint density at radius 2 is 2.15 bits per heavy atom. The van der Waals surface area contributed by atoms with Gasteiger partial charge >= 0.3 is 0 Å². The standard InChI is InChI=1S/C19H25N3O4/c1-24-13-17-20-19(26-21-17)15-8-5-6-12-22(15)18(23)11-10-14-7-3-4-9-16(14)25-2/h3-4,7,9,15H,5-6,8,10-13H2,1-2H3. The van der Waals surface area contributed by atoms with Crippen molar-refractivity contribution in [2.45, 2.75) is 44.8 Å². The van der Waals surface area contributed by atoms with Crippen molar-refractivity contribution in [3.63, 3.8) is 0 Å². The number of benzene rings is 1. The molecule has 0 bridgehead atoms. The molecule has 1 saturated heterocycles. The molecule has 3 rings (SSSR count). The van der Waals surface area contributed by atoms with Crippen molar-refractivity contribution in [3.05, 3.63) is 41.5 Å². The first-order chi connectivity index (χ1) is 12.7. The zero-order valence-corrected chi connectivity index (χ0v) is 15.3. The number of hydrogen-bond acceptors (Lipinski definition) is 6. The summed E-state index contributed by atoms with van der Waals surface area (Å²) in [5.74, 6) is 1.93. The molecular formula is C19H25N3O4. The van der Waals surface area contributed by atoms with Crippen molar-refractivity contribution >= 4 is 5.91 Å². The van der Waals surface area contributed by atoms with E-state index in [2.05, 4.69) is 10.1 Å². The molecule has 1 amide bonds. The highest BCUT2D eigenvalue weighted by atomic mass is 16.5. The Bertz CT molecular complexity index is 731. The number of aryl methyl sites for hydroxylation is 1. The van der Waals surface area contributed by atoms with E-state index in [1.54, 1.807) is 14.2 Å². The number of ether oxygens (including phenoxy) is 2. The molecule has 0 aliphatic carbocycles. The molecule has 1 aliphatic heterocycles. The van der Waals surface area contributed by atoms with E-state index in [4.69, 9.17) is 14.0 Å². The fourth-order valence-electron chi connectivity index (χ4n) is 3.37. The number of carbonyl (C=O) groups is 1. The molecule has 2 aromatic rings. The van der Waals surface area contributed by atoms with Crippen LogP contribution in [0.3, 0.4) is 0 Å². The Labute approximate surface area is 153 Å². The molecule has 1 unspecified atom stereocenters. The first kappa shape index (κ1) is 18.4. The van der Waals surface area contributed by atoms with Gasteiger partial charge in [0.05, 0.1) is 7.11 Å². The second kappa shape index (κ2) is 8.80. The average molecular weight is 359 g/mol. The summed E-state index contributed by atoms with van der Waals surface area (Å²) in [6.07, 6.45) is 3.95. The lowest BCUT2D eigenvalue weighted by Crippen LogP contribution is -2.38. The van der Waals surface area contributed by atoms with Gasteiger partial charge in [0.15, 0.2) is 5.82 Å². The fraction of sp³-hybridized carbons (Fsp3) is 0.526. The van der Waals surface area contributed by atoms with Gasteiger partial charge in [-0.05, 0) is 37.3 Å². The number of hydrogen-bond donors (Lipinski definition) is 0. The number of piperidine rings is 1. The predicted molar refractivity (Wildman–Crippen MR) is 94.6 cm³/mol. The molecule has 7 heteroatoms. The number of carbonyl (C=O) groups excluding carboxylic acids is 1. The van der Waals surface area contributed by atoms with Gasteiger partial charge in [-0.2, -0.15) is 4.98 Å². The van der Waals surface area contributed by atoms with Crippen LogP contribution in [0.15, 0.2) is 28.8 Å². The number of methoxy groups -OCH3 is 2. The maximum Gasteiger partial charge on any atom is 0.249 e. The van der Waals surface area contributed by atoms with Crippen LogP contribution in [0.1, 0.15) is 49.0 Å². The number of para-hydroxylation sites is 1. The molecule has 1 aromatic carbocycles. The Morgan fingerprint density at radius 3 is 2.96 bits per heavy atom. The number of aromatic nitrogens is 2. The zero-order chi connectivity index (χ0) is 18.4. The van der Waals surface area contributed by atoms with Crippen LogP contribution in [0.25, 0.3) is 0 Å². The summed E-state index contributed by atoms with van der Waals surface area (Å²) < 4.78 is 15.8. The molecule has 1 aromatic heterocycles. The van der Waals surface area contributed by atoms with Gasteiger partial charge in [0.2, 0.25) is 11.8 Å². The third-order valence-corrected chi connectivity index (χ3v) is 4.67. The summed E-state index contributed by atoms with van der Waals surface area (Å²) in [5.41, 5.74) is 1.04. The average Bonchev–Trinajstić information content (AvgIpc) is 3.15. The minimum Gasteiger partial charge on any atom is -0.496 e. The van der Waals surface area contributed by atoms with E-state index in [0.717, 1.165) is 37.1 Å². The smallest absolute Gasteiger partial charge is 0.249 e. The first-order valence-corrected chi connectivity index (χ1v) is 8.95. The van der Waals surface area contributed by atoms with Gasteiger partial charge in [0.1, 0.15) is 18.4 Å². The van der Waals surface area contributed by atoms with E-state index < -0.39 is 0 Å². The van der Waals surface area contributed by atoms with Gasteiger partial charge in [0.25, 0.3) is 0 Å². The van der Waals surface area contributed by atoms with Crippen molar-refractivity contribution in [2.24, 2.45) is 0 Å². The van der Waals surface area contributed by atoms with Crippen LogP contribution in [0.2, 0.25) is 0 Å². The molecule has 140 valence electrons. The third kappa shape index (κ3) is 4.22. The second-order valence-electron chi connectivity index (χ2n) is 6.39. The van der Waals surface area contributed by atoms with Crippen molar-refractivity contribution in [1.82, 2.24) is 15.0 Å². The highest BCUT2D eigenvalue weighted by Crippen LogP contribution is 2.31. The van der Waals surface area contributed by atoms with Gasteiger partial charge in [-0.3, -0.25) is 4.79 Å². The number of amides is 1. The van der Waals surface area contributed by atoms with Gasteiger partial charge in [-0.15, -0.1) is 0 Å². The van der Waals surface area contributed by atoms with Gasteiger partial charge in [0, 0.05) is 20.1 Å². The summed E-state index contributed by atoms with van der Waals surface area (Å²) in [5, 5.41) is 3.93. The minimum atomic E-state index is -0.146. The summed E-state index contributed by atoms with van der Waals surface area (Å²) >= 11 is 0. The summed E-state index contributed by atoms with van der Waals surface area (Å²) in [7, 11) is 3.23. The highest BCUT2D eigenvalue weighted by Gasteiger charge is 2.31. The van der Waals surface area contributed by atoms with E-state index in [1.165, 1.54) is 0 Å².